The number of nitrogens with one attached hydrogen (secondary N) is 1. The lowest BCUT2D eigenvalue weighted by molar-refractivity contribution is -0.120. The summed E-state index contributed by atoms with van der Waals surface area (Å²) in [7, 11) is 1.63. The molecule has 1 N–H and O–H groups in total. The maximum Gasteiger partial charge on any atom is 0.220 e. The molecule has 0 fully saturated rings. The molecule has 0 atom stereocenters. The summed E-state index contributed by atoms with van der Waals surface area (Å²) in [6.07, 6.45) is 10.1. The summed E-state index contributed by atoms with van der Waals surface area (Å²) >= 11 is 0. The fourth-order valence-electron chi connectivity index (χ4n) is 1.05. The Balaban J connectivity index is 4.28. The van der Waals surface area contributed by atoms with E-state index in [0.29, 0.717) is 12.8 Å². The van der Waals surface area contributed by atoms with Crippen molar-refractivity contribution in [1.82, 2.24) is 5.32 Å². The van der Waals surface area contributed by atoms with Crippen LogP contribution in [0.4, 0.5) is 0 Å². The van der Waals surface area contributed by atoms with E-state index in [-0.39, 0.29) is 5.91 Å². The zero-order chi connectivity index (χ0) is 11.0. The maximum absolute atomic E-state index is 11.0. The first kappa shape index (κ1) is 12.5. The predicted molar refractivity (Wildman–Crippen MR) is 59.6 cm³/mol. The van der Waals surface area contributed by atoms with Gasteiger partial charge in [0.2, 0.25) is 5.91 Å². The van der Waals surface area contributed by atoms with Gasteiger partial charge >= 0.3 is 0 Å². The molecule has 0 radical (unpaired) electrons. The molecule has 0 aromatic rings. The zero-order valence-corrected chi connectivity index (χ0v) is 9.05. The molecule has 2 heteroatoms. The van der Waals surface area contributed by atoms with Crippen LogP contribution >= 0.6 is 0 Å². The molecular weight excluding hydrogens is 174 g/mol. The van der Waals surface area contributed by atoms with Gasteiger partial charge in [0.25, 0.3) is 0 Å². The van der Waals surface area contributed by atoms with Crippen LogP contribution in [-0.2, 0) is 4.79 Å². The van der Waals surface area contributed by atoms with Crippen LogP contribution in [0.3, 0.4) is 0 Å². The molecule has 0 saturated heterocycles. The summed E-state index contributed by atoms with van der Waals surface area (Å²) in [6.45, 7) is 4.01. The topological polar surface area (TPSA) is 29.1 Å². The van der Waals surface area contributed by atoms with E-state index >= 15 is 0 Å². The Bertz CT molecular complexity index is 288. The smallest absolute Gasteiger partial charge is 0.220 e. The molecule has 14 heavy (non-hydrogen) atoms. The van der Waals surface area contributed by atoms with Gasteiger partial charge in [0, 0.05) is 13.5 Å². The second kappa shape index (κ2) is 6.97. The number of carbonyl (C=O) groups excluding carboxylic acids is 1. The Morgan fingerprint density at radius 1 is 1.43 bits per heavy atom. The first-order valence-corrected chi connectivity index (χ1v) is 4.60. The molecule has 0 spiro atoms. The first-order chi connectivity index (χ1) is 6.60. The third-order valence-corrected chi connectivity index (χ3v) is 1.66. The fourth-order valence-corrected chi connectivity index (χ4v) is 1.05. The molecule has 76 valence electrons. The number of rotatable bonds is 4. The molecule has 0 aromatic carbocycles. The van der Waals surface area contributed by atoms with Crippen molar-refractivity contribution < 1.29 is 4.79 Å². The van der Waals surface area contributed by atoms with E-state index in [1.165, 1.54) is 5.57 Å². The summed E-state index contributed by atoms with van der Waals surface area (Å²) in [5.74, 6) is 2.51. The van der Waals surface area contributed by atoms with Crippen molar-refractivity contribution in [3.05, 3.63) is 23.3 Å². The highest BCUT2D eigenvalue weighted by molar-refractivity contribution is 5.75. The largest absolute Gasteiger partial charge is 0.359 e. The van der Waals surface area contributed by atoms with Crippen molar-refractivity contribution in [3.63, 3.8) is 0 Å². The van der Waals surface area contributed by atoms with E-state index in [9.17, 15) is 4.79 Å². The van der Waals surface area contributed by atoms with Crippen LogP contribution < -0.4 is 5.32 Å². The van der Waals surface area contributed by atoms with Gasteiger partial charge in [-0.05, 0) is 31.9 Å². The first-order valence-electron chi connectivity index (χ1n) is 4.60. The fraction of sp³-hybridized carbons (Fsp3) is 0.417. The van der Waals surface area contributed by atoms with Gasteiger partial charge in [0.15, 0.2) is 0 Å². The Kier molecular flexibility index (Phi) is 6.22. The molecule has 1 amide bonds. The van der Waals surface area contributed by atoms with Gasteiger partial charge < -0.3 is 5.32 Å². The molecule has 0 aliphatic carbocycles. The SMILES string of the molecule is C#C/C=C(\C=C(C)C)CCC(=O)NC. The Morgan fingerprint density at radius 2 is 2.07 bits per heavy atom. The van der Waals surface area contributed by atoms with Gasteiger partial charge in [0.1, 0.15) is 0 Å². The summed E-state index contributed by atoms with van der Waals surface area (Å²) in [5, 5.41) is 2.58. The van der Waals surface area contributed by atoms with E-state index in [4.69, 9.17) is 6.42 Å². The molecule has 0 aromatic heterocycles. The van der Waals surface area contributed by atoms with Crippen LogP contribution in [0.5, 0.6) is 0 Å². The van der Waals surface area contributed by atoms with Gasteiger partial charge in [-0.25, -0.2) is 0 Å². The summed E-state index contributed by atoms with van der Waals surface area (Å²) in [4.78, 5) is 11.0. The van der Waals surface area contributed by atoms with Crippen LogP contribution in [0.15, 0.2) is 23.3 Å². The molecular formula is C12H17NO. The Hall–Kier alpha value is -1.49. The molecule has 2 nitrogen and oxygen atoms in total. The summed E-state index contributed by atoms with van der Waals surface area (Å²) in [5.41, 5.74) is 2.21. The number of allylic oxidation sites excluding steroid dienone is 4. The average molecular weight is 191 g/mol. The minimum atomic E-state index is 0.0371. The van der Waals surface area contributed by atoms with Crippen molar-refractivity contribution in [1.29, 1.82) is 0 Å². The van der Waals surface area contributed by atoms with E-state index < -0.39 is 0 Å². The van der Waals surface area contributed by atoms with Gasteiger partial charge in [-0.1, -0.05) is 17.6 Å². The van der Waals surface area contributed by atoms with Crippen LogP contribution in [-0.4, -0.2) is 13.0 Å². The van der Waals surface area contributed by atoms with Crippen molar-refractivity contribution >= 4 is 5.91 Å². The van der Waals surface area contributed by atoms with Crippen LogP contribution in [0.2, 0.25) is 0 Å². The van der Waals surface area contributed by atoms with Crippen molar-refractivity contribution in [2.45, 2.75) is 26.7 Å². The number of carbonyl (C=O) groups is 1. The molecule has 0 rings (SSSR count). The number of hydrogen-bond donors (Lipinski definition) is 1. The maximum atomic E-state index is 11.0. The Labute approximate surface area is 86.1 Å². The molecule has 0 aliphatic heterocycles. The van der Waals surface area contributed by atoms with Gasteiger partial charge in [0.05, 0.1) is 0 Å². The predicted octanol–water partition coefficient (Wildman–Crippen LogP) is 2.04. The number of amides is 1. The van der Waals surface area contributed by atoms with Crippen molar-refractivity contribution in [2.24, 2.45) is 0 Å². The second-order valence-corrected chi connectivity index (χ2v) is 3.28. The van der Waals surface area contributed by atoms with Crippen molar-refractivity contribution in [3.8, 4) is 12.3 Å². The lowest BCUT2D eigenvalue weighted by Crippen LogP contribution is -2.17. The molecule has 0 unspecified atom stereocenters. The molecule has 0 bridgehead atoms. The highest BCUT2D eigenvalue weighted by Gasteiger charge is 1.99. The van der Waals surface area contributed by atoms with Gasteiger partial charge in [-0.2, -0.15) is 0 Å². The average Bonchev–Trinajstić information content (AvgIpc) is 2.13. The third-order valence-electron chi connectivity index (χ3n) is 1.66. The minimum Gasteiger partial charge on any atom is -0.359 e. The summed E-state index contributed by atoms with van der Waals surface area (Å²) < 4.78 is 0. The van der Waals surface area contributed by atoms with Crippen LogP contribution in [0.1, 0.15) is 26.7 Å². The van der Waals surface area contributed by atoms with E-state index in [2.05, 4.69) is 11.2 Å². The lowest BCUT2D eigenvalue weighted by atomic mass is 10.1. The number of terminal acetylenes is 1. The molecule has 0 heterocycles. The molecule has 0 saturated carbocycles. The van der Waals surface area contributed by atoms with Gasteiger partial charge in [-0.15, -0.1) is 6.42 Å². The highest BCUT2D eigenvalue weighted by Crippen LogP contribution is 2.09. The normalized spacial score (nSPS) is 10.3. The van der Waals surface area contributed by atoms with Crippen molar-refractivity contribution in [2.75, 3.05) is 7.05 Å². The third kappa shape index (κ3) is 6.07. The minimum absolute atomic E-state index is 0.0371. The Morgan fingerprint density at radius 3 is 2.50 bits per heavy atom. The summed E-state index contributed by atoms with van der Waals surface area (Å²) in [6, 6.07) is 0. The quantitative estimate of drug-likeness (QED) is 0.534. The van der Waals surface area contributed by atoms with Crippen LogP contribution in [0, 0.1) is 12.3 Å². The van der Waals surface area contributed by atoms with E-state index in [1.807, 2.05) is 19.9 Å². The van der Waals surface area contributed by atoms with E-state index in [1.54, 1.807) is 13.1 Å². The standard InChI is InChI=1S/C12H17NO/c1-5-6-11(9-10(2)3)7-8-12(14)13-4/h1,6,9H,7-8H2,2-4H3,(H,13,14)/b11-6-. The monoisotopic (exact) mass is 191 g/mol. The zero-order valence-electron chi connectivity index (χ0n) is 9.05. The van der Waals surface area contributed by atoms with E-state index in [0.717, 1.165) is 5.57 Å². The molecule has 0 aliphatic rings. The second-order valence-electron chi connectivity index (χ2n) is 3.28. The van der Waals surface area contributed by atoms with Crippen LogP contribution in [0.25, 0.3) is 0 Å². The van der Waals surface area contributed by atoms with Gasteiger partial charge in [-0.3, -0.25) is 4.79 Å². The number of hydrogen-bond acceptors (Lipinski definition) is 1. The highest BCUT2D eigenvalue weighted by atomic mass is 16.1. The lowest BCUT2D eigenvalue weighted by Gasteiger charge is -2.01.